The molecule has 0 amide bonds. The van der Waals surface area contributed by atoms with Gasteiger partial charge >= 0.3 is 39.5 Å². The van der Waals surface area contributed by atoms with Crippen molar-refractivity contribution in [2.75, 3.05) is 39.6 Å². The van der Waals surface area contributed by atoms with Crippen LogP contribution >= 0.6 is 15.6 Å². The second-order valence-electron chi connectivity index (χ2n) is 27.3. The maximum atomic E-state index is 13.2. The molecule has 3 N–H and O–H groups in total. The largest absolute Gasteiger partial charge is 0.472 e. The highest BCUT2D eigenvalue weighted by atomic mass is 31.2. The Labute approximate surface area is 700 Å². The zero-order valence-corrected chi connectivity index (χ0v) is 72.8. The van der Waals surface area contributed by atoms with Gasteiger partial charge in [-0.05, 0) is 193 Å². The molecule has 0 aliphatic rings. The van der Waals surface area contributed by atoms with Crippen LogP contribution in [0.1, 0.15) is 272 Å². The van der Waals surface area contributed by atoms with E-state index in [2.05, 4.69) is 246 Å². The number of carbonyl (C=O) groups excluding carboxylic acids is 4. The topological polar surface area (TPSA) is 237 Å². The summed E-state index contributed by atoms with van der Waals surface area (Å²) in [4.78, 5) is 73.3. The van der Waals surface area contributed by atoms with Crippen molar-refractivity contribution in [3.05, 3.63) is 255 Å². The Kier molecular flexibility index (Phi) is 80.0. The Morgan fingerprint density at radius 2 is 0.466 bits per heavy atom. The number of aliphatic hydroxyl groups is 1. The molecule has 0 radical (unpaired) electrons. The van der Waals surface area contributed by atoms with Gasteiger partial charge in [0.25, 0.3) is 0 Å². The van der Waals surface area contributed by atoms with E-state index in [9.17, 15) is 43.2 Å². The van der Waals surface area contributed by atoms with Crippen LogP contribution in [0.15, 0.2) is 255 Å². The molecule has 0 aromatic rings. The molecule has 2 unspecified atom stereocenters. The highest BCUT2D eigenvalue weighted by Crippen LogP contribution is 2.45. The van der Waals surface area contributed by atoms with Gasteiger partial charge in [-0.2, -0.15) is 0 Å². The maximum absolute atomic E-state index is 13.2. The van der Waals surface area contributed by atoms with Gasteiger partial charge in [-0.15, -0.1) is 0 Å². The number of hydrogen-bond acceptors (Lipinski definition) is 15. The third kappa shape index (κ3) is 84.5. The molecule has 0 bridgehead atoms. The minimum Gasteiger partial charge on any atom is -0.462 e. The summed E-state index contributed by atoms with van der Waals surface area (Å²) >= 11 is 0. The SMILES string of the molecule is CC/C=C\C/C=C\C/C=C\C/C=C\C/C=C\C/C=C\CCC(=O)O[C@H](COC(=O)CC/C=C\C/C=C\C/C=C\C/C=C\C/C=C\CCCCC)COP(=O)(O)OC[C@H](O)COP(=O)(O)OC[C@@H](COC(=O)CCCCC/C=C\C/C=C\C/C=C\C/C=C\C/C=C\CC)OC(=O)CCCCC/C=C\C/C=C\C/C=C\C/C=C\C/C=C\CC. The first kappa shape index (κ1) is 109. The van der Waals surface area contributed by atoms with Gasteiger partial charge in [-0.3, -0.25) is 37.3 Å². The lowest BCUT2D eigenvalue weighted by Crippen LogP contribution is -2.30. The number of rotatable bonds is 77. The maximum Gasteiger partial charge on any atom is 0.472 e. The Hall–Kier alpha value is -7.40. The number of allylic oxidation sites excluding steroid dienone is 42. The lowest BCUT2D eigenvalue weighted by atomic mass is 10.1. The minimum absolute atomic E-state index is 0.00906. The molecule has 0 heterocycles. The van der Waals surface area contributed by atoms with Crippen LogP contribution < -0.4 is 0 Å². The fourth-order valence-corrected chi connectivity index (χ4v) is 11.7. The molecule has 0 aromatic heterocycles. The molecule has 0 saturated heterocycles. The van der Waals surface area contributed by atoms with Crippen LogP contribution in [0.5, 0.6) is 0 Å². The summed E-state index contributed by atoms with van der Waals surface area (Å²) in [6.45, 7) is 4.22. The van der Waals surface area contributed by atoms with Crippen LogP contribution in [0.3, 0.4) is 0 Å². The summed E-state index contributed by atoms with van der Waals surface area (Å²) in [5, 5.41) is 10.7. The molecule has 0 rings (SSSR count). The first-order valence-corrected chi connectivity index (χ1v) is 45.9. The molecule has 17 nitrogen and oxygen atoms in total. The highest BCUT2D eigenvalue weighted by Gasteiger charge is 2.30. The molecule has 0 aliphatic carbocycles. The summed E-state index contributed by atoms with van der Waals surface area (Å²) in [7, 11) is -10.1. The molecule has 0 fully saturated rings. The van der Waals surface area contributed by atoms with Gasteiger partial charge in [-0.1, -0.05) is 309 Å². The van der Waals surface area contributed by atoms with E-state index < -0.39 is 97.5 Å². The fourth-order valence-electron chi connectivity index (χ4n) is 10.1. The highest BCUT2D eigenvalue weighted by molar-refractivity contribution is 7.47. The molecular weight excluding hydrogens is 1500 g/mol. The van der Waals surface area contributed by atoms with Crippen molar-refractivity contribution in [3.63, 3.8) is 0 Å². The molecule has 648 valence electrons. The molecule has 0 aromatic carbocycles. The molecule has 0 aliphatic heterocycles. The summed E-state index contributed by atoms with van der Waals surface area (Å²) in [6, 6.07) is 0. The van der Waals surface area contributed by atoms with Crippen molar-refractivity contribution < 1.29 is 80.2 Å². The van der Waals surface area contributed by atoms with Crippen LogP contribution in [-0.4, -0.2) is 96.7 Å². The van der Waals surface area contributed by atoms with E-state index in [0.29, 0.717) is 38.5 Å². The van der Waals surface area contributed by atoms with Gasteiger partial charge < -0.3 is 33.8 Å². The predicted octanol–water partition coefficient (Wildman–Crippen LogP) is 26.1. The standard InChI is InChI=1S/C97H148O17P2/c1-5-9-13-17-21-25-29-33-37-41-45-49-53-57-61-65-69-73-77-81-94(99)107-87-92(113-96(101)83-79-75-71-67-63-59-55-51-47-43-39-35-31-27-23-19-15-11-7-3)89-111-115(103,104)109-85-91(98)86-110-116(105,106)112-90-93(114-97(102)84-80-76-72-68-64-60-56-52-48-44-40-36-32-28-24-20-16-12-8-4)88-108-95(100)82-78-74-70-66-62-58-54-50-46-42-38-34-30-26-22-18-14-10-6-2/h9,11-13,15-16,21-28,33-40,45-52,57-64,70,72,74,76,91-93,98H,5-8,10,14,17-20,29-32,41-44,53-56,65-69,71,73,75,77-90H2,1-4H3,(H,103,104)(H,105,106)/b13-9-,15-11-,16-12-,25-21-,26-22-,27-23-,28-24-,37-33-,38-34-,39-35-,40-36-,49-45-,50-46-,51-47-,52-48-,61-57-,62-58-,63-59-,64-60-,74-70-,76-72-/t91-,92-,93-/m1/s1. The van der Waals surface area contributed by atoms with Gasteiger partial charge in [0.15, 0.2) is 12.2 Å². The van der Waals surface area contributed by atoms with Crippen LogP contribution in [0.25, 0.3) is 0 Å². The second kappa shape index (κ2) is 85.5. The molecule has 19 heteroatoms. The van der Waals surface area contributed by atoms with Gasteiger partial charge in [0.05, 0.1) is 26.4 Å². The Balaban J connectivity index is 5.64. The number of ether oxygens (including phenoxy) is 4. The normalized spacial score (nSPS) is 15.0. The number of phosphoric acid groups is 2. The van der Waals surface area contributed by atoms with Crippen LogP contribution in [0, 0.1) is 0 Å². The average Bonchev–Trinajstić information content (AvgIpc) is 0.898. The number of esters is 4. The first-order valence-electron chi connectivity index (χ1n) is 42.9. The van der Waals surface area contributed by atoms with Crippen molar-refractivity contribution in [1.29, 1.82) is 0 Å². The van der Waals surface area contributed by atoms with E-state index in [4.69, 9.17) is 37.0 Å². The summed E-state index contributed by atoms with van der Waals surface area (Å²) in [5.74, 6) is -2.48. The number of unbranched alkanes of at least 4 members (excludes halogenated alkanes) is 9. The van der Waals surface area contributed by atoms with E-state index in [1.54, 1.807) is 0 Å². The second-order valence-corrected chi connectivity index (χ2v) is 30.2. The Morgan fingerprint density at radius 1 is 0.250 bits per heavy atom. The number of aliphatic hydroxyl groups excluding tert-OH is 1. The zero-order valence-electron chi connectivity index (χ0n) is 71.0. The zero-order chi connectivity index (χ0) is 84.5. The van der Waals surface area contributed by atoms with Crippen LogP contribution in [-0.2, 0) is 65.4 Å². The van der Waals surface area contributed by atoms with E-state index in [-0.39, 0.29) is 25.7 Å². The summed E-state index contributed by atoms with van der Waals surface area (Å²) in [5.41, 5.74) is 0. The monoisotopic (exact) mass is 1650 g/mol. The van der Waals surface area contributed by atoms with Crippen molar-refractivity contribution >= 4 is 39.5 Å². The van der Waals surface area contributed by atoms with Crippen LogP contribution in [0.2, 0.25) is 0 Å². The summed E-state index contributed by atoms with van der Waals surface area (Å²) in [6.07, 6.45) is 114. The van der Waals surface area contributed by atoms with Gasteiger partial charge in [-0.25, -0.2) is 9.13 Å². The molecule has 0 saturated carbocycles. The number of carbonyl (C=O) groups is 4. The third-order valence-electron chi connectivity index (χ3n) is 16.5. The number of phosphoric ester groups is 2. The Bertz CT molecular complexity index is 3210. The van der Waals surface area contributed by atoms with Crippen molar-refractivity contribution in [2.45, 2.75) is 290 Å². The lowest BCUT2D eigenvalue weighted by molar-refractivity contribution is -0.161. The molecule has 0 spiro atoms. The quantitative estimate of drug-likeness (QED) is 0.0169. The van der Waals surface area contributed by atoms with Gasteiger partial charge in [0, 0.05) is 25.7 Å². The van der Waals surface area contributed by atoms with Gasteiger partial charge in [0.2, 0.25) is 0 Å². The minimum atomic E-state index is -5.04. The average molecular weight is 1650 g/mol. The van der Waals surface area contributed by atoms with Gasteiger partial charge in [0.1, 0.15) is 19.3 Å². The molecule has 116 heavy (non-hydrogen) atoms. The van der Waals surface area contributed by atoms with E-state index >= 15 is 0 Å². The lowest BCUT2D eigenvalue weighted by Gasteiger charge is -2.21. The molecule has 5 atom stereocenters. The van der Waals surface area contributed by atoms with Crippen molar-refractivity contribution in [3.8, 4) is 0 Å². The Morgan fingerprint density at radius 3 is 0.741 bits per heavy atom. The summed E-state index contributed by atoms with van der Waals surface area (Å²) < 4.78 is 68.6. The van der Waals surface area contributed by atoms with Crippen LogP contribution in [0.4, 0.5) is 0 Å². The smallest absolute Gasteiger partial charge is 0.462 e. The number of hydrogen-bond donors (Lipinski definition) is 3. The van der Waals surface area contributed by atoms with E-state index in [1.165, 1.54) is 19.3 Å². The third-order valence-corrected chi connectivity index (χ3v) is 18.4. The molecular formula is C97H148O17P2. The van der Waals surface area contributed by atoms with Crippen molar-refractivity contribution in [1.82, 2.24) is 0 Å². The fraction of sp³-hybridized carbons (Fsp3) is 0.526. The van der Waals surface area contributed by atoms with Crippen molar-refractivity contribution in [2.24, 2.45) is 0 Å². The van der Waals surface area contributed by atoms with E-state index in [1.807, 2.05) is 36.5 Å². The van der Waals surface area contributed by atoms with E-state index in [0.717, 1.165) is 161 Å². The predicted molar refractivity (Wildman–Crippen MR) is 481 cm³/mol. The first-order chi connectivity index (χ1) is 56.7.